The van der Waals surface area contributed by atoms with Crippen molar-refractivity contribution in [3.8, 4) is 0 Å². The van der Waals surface area contributed by atoms with Gasteiger partial charge in [0.1, 0.15) is 5.69 Å². The fraction of sp³-hybridized carbons (Fsp3) is 0.600. The van der Waals surface area contributed by atoms with Gasteiger partial charge in [0, 0.05) is 19.2 Å². The molecule has 0 spiro atoms. The summed E-state index contributed by atoms with van der Waals surface area (Å²) in [6, 6.07) is 5.03. The van der Waals surface area contributed by atoms with Gasteiger partial charge in [0.2, 0.25) is 0 Å². The summed E-state index contributed by atoms with van der Waals surface area (Å²) in [6.45, 7) is 7.66. The Hall–Kier alpha value is -1.62. The molecule has 1 aliphatic heterocycles. The Morgan fingerprint density at radius 1 is 1.45 bits per heavy atom. The molecule has 1 heterocycles. The summed E-state index contributed by atoms with van der Waals surface area (Å²) in [4.78, 5) is 13.0. The maximum absolute atomic E-state index is 11.3. The molecule has 1 fully saturated rings. The van der Waals surface area contributed by atoms with Gasteiger partial charge in [0.15, 0.2) is 0 Å². The molecule has 5 nitrogen and oxygen atoms in total. The zero-order valence-electron chi connectivity index (χ0n) is 12.3. The normalized spacial score (nSPS) is 19.7. The number of nitro benzene ring substituents is 1. The molecule has 2 rings (SSSR count). The van der Waals surface area contributed by atoms with E-state index in [1.807, 2.05) is 0 Å². The van der Waals surface area contributed by atoms with Crippen molar-refractivity contribution in [2.45, 2.75) is 39.7 Å². The lowest BCUT2D eigenvalue weighted by Crippen LogP contribution is -2.40. The number of rotatable bonds is 3. The number of benzene rings is 1. The SMILES string of the molecule is C[C@H](O)c1ccc(N2CCCC(C)(C)C2)c([N+](=O)[O-])c1. The summed E-state index contributed by atoms with van der Waals surface area (Å²) in [5, 5.41) is 20.9. The van der Waals surface area contributed by atoms with E-state index in [4.69, 9.17) is 0 Å². The number of nitrogens with zero attached hydrogens (tertiary/aromatic N) is 2. The minimum atomic E-state index is -0.694. The summed E-state index contributed by atoms with van der Waals surface area (Å²) in [7, 11) is 0. The van der Waals surface area contributed by atoms with Crippen molar-refractivity contribution in [1.29, 1.82) is 0 Å². The molecule has 1 saturated heterocycles. The molecule has 0 unspecified atom stereocenters. The van der Waals surface area contributed by atoms with Crippen LogP contribution >= 0.6 is 0 Å². The van der Waals surface area contributed by atoms with Gasteiger partial charge < -0.3 is 10.0 Å². The lowest BCUT2D eigenvalue weighted by molar-refractivity contribution is -0.384. The molecule has 0 bridgehead atoms. The Bertz CT molecular complexity index is 512. The fourth-order valence-electron chi connectivity index (χ4n) is 2.84. The lowest BCUT2D eigenvalue weighted by Gasteiger charge is -2.39. The topological polar surface area (TPSA) is 66.6 Å². The number of hydrogen-bond acceptors (Lipinski definition) is 4. The van der Waals surface area contributed by atoms with Crippen LogP contribution in [-0.4, -0.2) is 23.1 Å². The predicted octanol–water partition coefficient (Wildman–Crippen LogP) is 3.27. The number of nitro groups is 1. The largest absolute Gasteiger partial charge is 0.389 e. The van der Waals surface area contributed by atoms with Crippen molar-refractivity contribution in [3.05, 3.63) is 33.9 Å². The van der Waals surface area contributed by atoms with E-state index in [0.717, 1.165) is 25.9 Å². The van der Waals surface area contributed by atoms with Gasteiger partial charge >= 0.3 is 0 Å². The molecule has 0 aliphatic carbocycles. The summed E-state index contributed by atoms with van der Waals surface area (Å²) < 4.78 is 0. The summed E-state index contributed by atoms with van der Waals surface area (Å²) in [5.41, 5.74) is 1.50. The molecule has 1 aliphatic rings. The maximum Gasteiger partial charge on any atom is 0.292 e. The van der Waals surface area contributed by atoms with E-state index in [9.17, 15) is 15.2 Å². The molecule has 1 atom stereocenters. The van der Waals surface area contributed by atoms with Crippen LogP contribution in [0.4, 0.5) is 11.4 Å². The van der Waals surface area contributed by atoms with Crippen molar-refractivity contribution < 1.29 is 10.0 Å². The van der Waals surface area contributed by atoms with E-state index >= 15 is 0 Å². The molecule has 0 amide bonds. The van der Waals surface area contributed by atoms with E-state index < -0.39 is 6.10 Å². The average molecular weight is 278 g/mol. The van der Waals surface area contributed by atoms with Crippen LogP contribution in [-0.2, 0) is 0 Å². The highest BCUT2D eigenvalue weighted by Gasteiger charge is 2.30. The number of aliphatic hydroxyl groups is 1. The first-order chi connectivity index (χ1) is 9.30. The third-order valence-electron chi connectivity index (χ3n) is 3.92. The second kappa shape index (κ2) is 5.40. The van der Waals surface area contributed by atoms with Gasteiger partial charge in [0.05, 0.1) is 11.0 Å². The Morgan fingerprint density at radius 3 is 2.70 bits per heavy atom. The van der Waals surface area contributed by atoms with Gasteiger partial charge in [-0.05, 0) is 36.8 Å². The van der Waals surface area contributed by atoms with E-state index in [-0.39, 0.29) is 16.0 Å². The molecule has 0 radical (unpaired) electrons. The number of hydrogen-bond donors (Lipinski definition) is 1. The highest BCUT2D eigenvalue weighted by atomic mass is 16.6. The molecule has 20 heavy (non-hydrogen) atoms. The Balaban J connectivity index is 2.38. The second-order valence-electron chi connectivity index (χ2n) is 6.37. The first kappa shape index (κ1) is 14.8. The quantitative estimate of drug-likeness (QED) is 0.680. The number of aliphatic hydroxyl groups excluding tert-OH is 1. The molecule has 110 valence electrons. The van der Waals surface area contributed by atoms with Gasteiger partial charge in [0.25, 0.3) is 5.69 Å². The smallest absolute Gasteiger partial charge is 0.292 e. The number of anilines is 1. The third-order valence-corrected chi connectivity index (χ3v) is 3.92. The van der Waals surface area contributed by atoms with E-state index in [1.165, 1.54) is 6.07 Å². The first-order valence-electron chi connectivity index (χ1n) is 7.01. The average Bonchev–Trinajstić information content (AvgIpc) is 2.36. The molecule has 1 aromatic carbocycles. The zero-order valence-corrected chi connectivity index (χ0v) is 12.3. The highest BCUT2D eigenvalue weighted by molar-refractivity contribution is 5.65. The molecule has 1 aromatic rings. The standard InChI is InChI=1S/C15H22N2O3/c1-11(18)12-5-6-13(14(9-12)17(19)20)16-8-4-7-15(2,3)10-16/h5-6,9,11,18H,4,7-8,10H2,1-3H3/t11-/m0/s1. The van der Waals surface area contributed by atoms with Crippen molar-refractivity contribution in [2.24, 2.45) is 5.41 Å². The minimum Gasteiger partial charge on any atom is -0.389 e. The summed E-state index contributed by atoms with van der Waals surface area (Å²) in [6.07, 6.45) is 1.49. The minimum absolute atomic E-state index is 0.0844. The van der Waals surface area contributed by atoms with E-state index in [0.29, 0.717) is 11.3 Å². The van der Waals surface area contributed by atoms with Crippen LogP contribution in [0, 0.1) is 15.5 Å². The highest BCUT2D eigenvalue weighted by Crippen LogP contribution is 2.37. The van der Waals surface area contributed by atoms with Crippen molar-refractivity contribution in [1.82, 2.24) is 0 Å². The van der Waals surface area contributed by atoms with Crippen LogP contribution < -0.4 is 4.90 Å². The number of piperidine rings is 1. The van der Waals surface area contributed by atoms with Crippen LogP contribution in [0.25, 0.3) is 0 Å². The van der Waals surface area contributed by atoms with Crippen molar-refractivity contribution in [2.75, 3.05) is 18.0 Å². The third kappa shape index (κ3) is 3.10. The van der Waals surface area contributed by atoms with Crippen LogP contribution in [0.15, 0.2) is 18.2 Å². The Labute approximate surface area is 119 Å². The first-order valence-corrected chi connectivity index (χ1v) is 7.01. The van der Waals surface area contributed by atoms with Gasteiger partial charge in [-0.15, -0.1) is 0 Å². The monoisotopic (exact) mass is 278 g/mol. The molecule has 5 heteroatoms. The van der Waals surface area contributed by atoms with Gasteiger partial charge in [-0.25, -0.2) is 0 Å². The molecule has 0 saturated carbocycles. The van der Waals surface area contributed by atoms with Crippen LogP contribution in [0.1, 0.15) is 45.3 Å². The molecular formula is C15H22N2O3. The van der Waals surface area contributed by atoms with Crippen molar-refractivity contribution in [3.63, 3.8) is 0 Å². The second-order valence-corrected chi connectivity index (χ2v) is 6.37. The fourth-order valence-corrected chi connectivity index (χ4v) is 2.84. The lowest BCUT2D eigenvalue weighted by atomic mass is 9.84. The van der Waals surface area contributed by atoms with Crippen LogP contribution in [0.2, 0.25) is 0 Å². The van der Waals surface area contributed by atoms with Gasteiger partial charge in [-0.1, -0.05) is 19.9 Å². The van der Waals surface area contributed by atoms with E-state index in [2.05, 4.69) is 18.7 Å². The maximum atomic E-state index is 11.3. The molecule has 1 N–H and O–H groups in total. The summed E-state index contributed by atoms with van der Waals surface area (Å²) in [5.74, 6) is 0. The van der Waals surface area contributed by atoms with E-state index in [1.54, 1.807) is 19.1 Å². The van der Waals surface area contributed by atoms with Gasteiger partial charge in [-0.3, -0.25) is 10.1 Å². The predicted molar refractivity (Wildman–Crippen MR) is 79.0 cm³/mol. The molecular weight excluding hydrogens is 256 g/mol. The van der Waals surface area contributed by atoms with Gasteiger partial charge in [-0.2, -0.15) is 0 Å². The summed E-state index contributed by atoms with van der Waals surface area (Å²) >= 11 is 0. The van der Waals surface area contributed by atoms with Crippen LogP contribution in [0.3, 0.4) is 0 Å². The van der Waals surface area contributed by atoms with Crippen molar-refractivity contribution >= 4 is 11.4 Å². The Kier molecular flexibility index (Phi) is 3.99. The van der Waals surface area contributed by atoms with Crippen LogP contribution in [0.5, 0.6) is 0 Å². The zero-order chi connectivity index (χ0) is 14.9. The molecule has 0 aromatic heterocycles. The Morgan fingerprint density at radius 2 is 2.15 bits per heavy atom.